The smallest absolute Gasteiger partial charge is 6.00 e. The van der Waals surface area contributed by atoms with Gasteiger partial charge in [0, 0.05) is 11.1 Å². The maximum Gasteiger partial charge on any atom is 6.00 e. The van der Waals surface area contributed by atoms with E-state index < -0.39 is 5.60 Å². The molecular weight excluding hydrogens is 336 g/mol. The Labute approximate surface area is 144 Å². The summed E-state index contributed by atoms with van der Waals surface area (Å²) in [6.45, 7) is 13.5. The van der Waals surface area contributed by atoms with Gasteiger partial charge in [-0.3, -0.25) is 4.79 Å². The van der Waals surface area contributed by atoms with Crippen molar-refractivity contribution in [2.24, 2.45) is 0 Å². The van der Waals surface area contributed by atoms with Crippen molar-refractivity contribution in [1.29, 1.82) is 0 Å². The van der Waals surface area contributed by atoms with Crippen LogP contribution in [0.1, 0.15) is 21.5 Å². The summed E-state index contributed by atoms with van der Waals surface area (Å²) in [6.07, 6.45) is 0. The van der Waals surface area contributed by atoms with Gasteiger partial charge >= 0.3 is 51.3 Å². The molecule has 1 atom stereocenters. The zero-order valence-corrected chi connectivity index (χ0v) is 13.0. The summed E-state index contributed by atoms with van der Waals surface area (Å²) in [4.78, 5) is 11.9. The van der Waals surface area contributed by atoms with E-state index in [2.05, 4.69) is 20.0 Å². The Morgan fingerprint density at radius 2 is 1.22 bits per heavy atom. The molecule has 0 heterocycles. The van der Waals surface area contributed by atoms with E-state index in [0.717, 1.165) is 0 Å². The van der Waals surface area contributed by atoms with Crippen LogP contribution >= 0.6 is 0 Å². The van der Waals surface area contributed by atoms with Gasteiger partial charge in [-0.2, -0.15) is 0 Å². The van der Waals surface area contributed by atoms with Crippen LogP contribution in [-0.4, -0.2) is 10.9 Å². The Morgan fingerprint density at radius 1 is 0.783 bits per heavy atom. The topological polar surface area (TPSA) is 97.0 Å². The van der Waals surface area contributed by atoms with Gasteiger partial charge in [-0.15, -0.1) is 0 Å². The van der Waals surface area contributed by atoms with Crippen LogP contribution in [0.15, 0.2) is 54.6 Å². The van der Waals surface area contributed by atoms with Crippen molar-refractivity contribution in [3.63, 3.8) is 0 Å². The number of hydrogen-bond donors (Lipinski definition) is 1. The van der Waals surface area contributed by atoms with E-state index in [0.29, 0.717) is 16.7 Å². The quantitative estimate of drug-likeness (QED) is 0.631. The minimum Gasteiger partial charge on any atom is 6.00 e. The molecule has 0 bridgehead atoms. The van der Waals surface area contributed by atoms with Crippen molar-refractivity contribution in [3.05, 3.63) is 91.2 Å². The first-order valence-corrected chi connectivity index (χ1v) is 5.78. The summed E-state index contributed by atoms with van der Waals surface area (Å²) < 4.78 is 22.5. The summed E-state index contributed by atoms with van der Waals surface area (Å²) >= 11 is 0. The Morgan fingerprint density at radius 3 is 1.74 bits per heavy atom. The average Bonchev–Trinajstić information content (AvgIpc) is 2.66. The number of ketones is 1. The first kappa shape index (κ1) is 23.1. The fourth-order valence-corrected chi connectivity index (χ4v) is 2.22. The molecule has 0 saturated heterocycles. The molecule has 0 aromatic heterocycles. The minimum atomic E-state index is -1.43. The predicted molar refractivity (Wildman–Crippen MR) is 72.0 cm³/mol. The summed E-state index contributed by atoms with van der Waals surface area (Å²) in [5.41, 5.74) is 0.524. The van der Waals surface area contributed by atoms with Gasteiger partial charge < -0.3 is 5.11 Å². The molecule has 0 fully saturated rings. The third-order valence-corrected chi connectivity index (χ3v) is 3.08. The van der Waals surface area contributed by atoms with E-state index in [-0.39, 0.29) is 23.1 Å². The van der Waals surface area contributed by atoms with E-state index >= 15 is 0 Å². The molecule has 2 aromatic carbocycles. The average molecular weight is 346 g/mol. The van der Waals surface area contributed by atoms with Crippen LogP contribution in [0.2, 0.25) is 0 Å². The third-order valence-electron chi connectivity index (χ3n) is 3.08. The SMILES string of the molecule is O=C1c2ccccc2C1(O)c1ccccc1.[C-]#[O+].[C-]#[O+].[C-]#[O+].[Cr+6]. The van der Waals surface area contributed by atoms with Gasteiger partial charge in [0.15, 0.2) is 5.60 Å². The summed E-state index contributed by atoms with van der Waals surface area (Å²) in [6, 6.07) is 16.2. The van der Waals surface area contributed by atoms with E-state index in [9.17, 15) is 9.90 Å². The molecule has 2 aromatic rings. The Kier molecular flexibility index (Phi) is 11.4. The van der Waals surface area contributed by atoms with Crippen molar-refractivity contribution in [3.8, 4) is 0 Å². The van der Waals surface area contributed by atoms with Gasteiger partial charge in [0.05, 0.1) is 0 Å². The van der Waals surface area contributed by atoms with Gasteiger partial charge in [0.25, 0.3) is 0 Å². The fraction of sp³-hybridized carbons (Fsp3) is 0.0588. The second-order valence-corrected chi connectivity index (χ2v) is 3.95. The minimum absolute atomic E-state index is 0. The summed E-state index contributed by atoms with van der Waals surface area (Å²) in [7, 11) is 0. The number of carbonyl (C=O) groups excluding carboxylic acids is 1. The van der Waals surface area contributed by atoms with E-state index in [1.165, 1.54) is 0 Å². The van der Waals surface area contributed by atoms with Crippen molar-refractivity contribution < 1.29 is 41.2 Å². The Hall–Kier alpha value is -2.18. The maximum atomic E-state index is 11.9. The van der Waals surface area contributed by atoms with Gasteiger partial charge in [-0.05, 0) is 5.56 Å². The first-order valence-electron chi connectivity index (χ1n) is 5.78. The molecule has 0 radical (unpaired) electrons. The normalized spacial score (nSPS) is 15.9. The molecular formula is C17H10CrO5+6. The number of rotatable bonds is 1. The molecule has 3 rings (SSSR count). The van der Waals surface area contributed by atoms with Gasteiger partial charge in [-0.25, -0.2) is 0 Å². The molecule has 5 nitrogen and oxygen atoms in total. The van der Waals surface area contributed by atoms with Crippen LogP contribution < -0.4 is 0 Å². The first-order chi connectivity index (χ1) is 10.7. The second-order valence-electron chi connectivity index (χ2n) is 3.95. The fourth-order valence-electron chi connectivity index (χ4n) is 2.22. The number of hydrogen-bond acceptors (Lipinski definition) is 2. The van der Waals surface area contributed by atoms with Crippen molar-refractivity contribution in [2.75, 3.05) is 0 Å². The second kappa shape index (κ2) is 11.4. The molecule has 0 amide bonds. The van der Waals surface area contributed by atoms with Gasteiger partial charge in [-0.1, -0.05) is 54.6 Å². The number of aliphatic hydroxyl groups is 1. The number of carbonyl (C=O) groups is 1. The van der Waals surface area contributed by atoms with Crippen molar-refractivity contribution in [1.82, 2.24) is 0 Å². The summed E-state index contributed by atoms with van der Waals surface area (Å²) in [5.74, 6) is -0.214. The zero-order chi connectivity index (χ0) is 17.2. The third kappa shape index (κ3) is 4.18. The maximum absolute atomic E-state index is 11.9. The molecule has 1 aliphatic rings. The molecule has 0 spiro atoms. The molecule has 6 heteroatoms. The standard InChI is InChI=1S/C14H10O2.3CO.Cr/c15-13-11-8-4-5-9-12(11)14(13,16)10-6-2-1-3-7-10;3*1-2;/h1-9,16H;;;;/q;;;;+6. The number of fused-ring (bicyclic) bond motifs is 1. The summed E-state index contributed by atoms with van der Waals surface area (Å²) in [5, 5.41) is 10.5. The van der Waals surface area contributed by atoms with Crippen molar-refractivity contribution >= 4 is 5.78 Å². The largest absolute Gasteiger partial charge is 6.00 e. The van der Waals surface area contributed by atoms with Gasteiger partial charge in [0.1, 0.15) is 0 Å². The molecule has 1 aliphatic carbocycles. The van der Waals surface area contributed by atoms with E-state index in [1.54, 1.807) is 30.3 Å². The molecule has 0 aliphatic heterocycles. The van der Waals surface area contributed by atoms with Gasteiger partial charge in [0.2, 0.25) is 5.78 Å². The zero-order valence-electron chi connectivity index (χ0n) is 11.7. The monoisotopic (exact) mass is 346 g/mol. The predicted octanol–water partition coefficient (Wildman–Crippen LogP) is 2.00. The number of Topliss-reactive ketones (excluding diaryl/α,β-unsaturated/α-hetero) is 1. The van der Waals surface area contributed by atoms with Crippen LogP contribution in [0, 0.1) is 20.0 Å². The van der Waals surface area contributed by atoms with Crippen LogP contribution in [0.3, 0.4) is 0 Å². The molecule has 23 heavy (non-hydrogen) atoms. The van der Waals surface area contributed by atoms with Crippen molar-refractivity contribution in [2.45, 2.75) is 5.60 Å². The van der Waals surface area contributed by atoms with E-state index in [1.807, 2.05) is 24.3 Å². The Bertz CT molecular complexity index is 677. The molecule has 0 saturated carbocycles. The molecule has 1 N–H and O–H groups in total. The Balaban J connectivity index is 0. The van der Waals surface area contributed by atoms with Crippen LogP contribution in [-0.2, 0) is 36.9 Å². The number of benzene rings is 2. The van der Waals surface area contributed by atoms with Crippen LogP contribution in [0.25, 0.3) is 0 Å². The van der Waals surface area contributed by atoms with E-state index in [4.69, 9.17) is 14.0 Å². The molecule has 1 unspecified atom stereocenters. The van der Waals surface area contributed by atoms with Crippen LogP contribution in [0.4, 0.5) is 0 Å². The molecule has 108 valence electrons. The van der Waals surface area contributed by atoms with Crippen LogP contribution in [0.5, 0.6) is 0 Å².